The van der Waals surface area contributed by atoms with E-state index in [2.05, 4.69) is 22.9 Å². The number of thiol groups is 1. The van der Waals surface area contributed by atoms with Gasteiger partial charge in [-0.3, -0.25) is 4.99 Å². The molecule has 1 aromatic heterocycles. The van der Waals surface area contributed by atoms with Crippen LogP contribution in [-0.4, -0.2) is 16.9 Å². The van der Waals surface area contributed by atoms with Gasteiger partial charge in [0.2, 0.25) is 0 Å². The zero-order chi connectivity index (χ0) is 16.7. The minimum absolute atomic E-state index is 0.0575. The maximum Gasteiger partial charge on any atom is 0.346 e. The third-order valence-electron chi connectivity index (χ3n) is 3.54. The summed E-state index contributed by atoms with van der Waals surface area (Å²) >= 11 is 11.4. The van der Waals surface area contributed by atoms with Gasteiger partial charge in [0.05, 0.1) is 5.02 Å². The SMILES string of the molecule is Cc1c(C(=O)O)sc2c1C(S)N=C(Cc1ccc(F)c(Cl)c1)N2. The van der Waals surface area contributed by atoms with Crippen LogP contribution in [0.15, 0.2) is 23.2 Å². The van der Waals surface area contributed by atoms with Gasteiger partial charge >= 0.3 is 5.97 Å². The summed E-state index contributed by atoms with van der Waals surface area (Å²) in [5, 5.41) is 12.7. The molecule has 1 aromatic carbocycles. The fraction of sp³-hybridized carbons (Fsp3) is 0.200. The lowest BCUT2D eigenvalue weighted by atomic mass is 10.1. The lowest BCUT2D eigenvalue weighted by Gasteiger charge is -2.20. The standard InChI is InChI=1S/C15H12ClFN2O2S2/c1-6-11-13(22)18-10(19-14(11)23-12(6)15(20)21)5-7-2-3-9(17)8(16)4-7/h2-4,13,22H,5H2,1H3,(H,18,19)(H,20,21). The first-order valence-electron chi connectivity index (χ1n) is 6.69. The molecule has 1 atom stereocenters. The van der Waals surface area contributed by atoms with E-state index in [0.717, 1.165) is 16.1 Å². The third-order valence-corrected chi connectivity index (χ3v) is 5.41. The van der Waals surface area contributed by atoms with Gasteiger partial charge in [-0.2, -0.15) is 0 Å². The molecule has 0 spiro atoms. The Kier molecular flexibility index (Phi) is 4.35. The van der Waals surface area contributed by atoms with Crippen LogP contribution in [0.3, 0.4) is 0 Å². The van der Waals surface area contributed by atoms with Crippen molar-refractivity contribution in [1.29, 1.82) is 0 Å². The average molecular weight is 371 g/mol. The first-order chi connectivity index (χ1) is 10.9. The number of fused-ring (bicyclic) bond motifs is 1. The number of rotatable bonds is 3. The number of carboxylic acid groups (broad SMARTS) is 1. The number of halogens is 2. The van der Waals surface area contributed by atoms with Crippen LogP contribution in [0.4, 0.5) is 9.39 Å². The summed E-state index contributed by atoms with van der Waals surface area (Å²) in [5.74, 6) is -0.794. The van der Waals surface area contributed by atoms with Gasteiger partial charge in [-0.25, -0.2) is 9.18 Å². The molecule has 0 saturated carbocycles. The van der Waals surface area contributed by atoms with Gasteiger partial charge in [-0.1, -0.05) is 17.7 Å². The number of nitrogens with one attached hydrogen (secondary N) is 1. The second kappa shape index (κ2) is 6.14. The van der Waals surface area contributed by atoms with Crippen LogP contribution in [0.5, 0.6) is 0 Å². The molecule has 3 rings (SSSR count). The van der Waals surface area contributed by atoms with Gasteiger partial charge in [-0.05, 0) is 30.2 Å². The quantitative estimate of drug-likeness (QED) is 0.695. The van der Waals surface area contributed by atoms with Crippen molar-refractivity contribution < 1.29 is 14.3 Å². The Bertz CT molecular complexity index is 835. The van der Waals surface area contributed by atoms with Crippen LogP contribution in [0.2, 0.25) is 5.02 Å². The molecule has 0 fully saturated rings. The minimum Gasteiger partial charge on any atom is -0.477 e. The highest BCUT2D eigenvalue weighted by Crippen LogP contribution is 2.42. The van der Waals surface area contributed by atoms with E-state index >= 15 is 0 Å². The highest BCUT2D eigenvalue weighted by atomic mass is 35.5. The molecular weight excluding hydrogens is 359 g/mol. The van der Waals surface area contributed by atoms with Crippen molar-refractivity contribution in [2.75, 3.05) is 5.32 Å². The van der Waals surface area contributed by atoms with Crippen molar-refractivity contribution in [3.8, 4) is 0 Å². The van der Waals surface area contributed by atoms with Crippen LogP contribution in [0.1, 0.15) is 31.7 Å². The van der Waals surface area contributed by atoms with Crippen molar-refractivity contribution in [2.45, 2.75) is 18.7 Å². The van der Waals surface area contributed by atoms with Crippen LogP contribution >= 0.6 is 35.6 Å². The maximum atomic E-state index is 13.2. The molecule has 2 N–H and O–H groups in total. The molecule has 4 nitrogen and oxygen atoms in total. The number of aliphatic imine (C=N–C) groups is 1. The molecule has 0 aliphatic carbocycles. The van der Waals surface area contributed by atoms with Crippen LogP contribution in [0, 0.1) is 12.7 Å². The molecule has 0 radical (unpaired) electrons. The van der Waals surface area contributed by atoms with E-state index in [-0.39, 0.29) is 9.90 Å². The summed E-state index contributed by atoms with van der Waals surface area (Å²) in [6.07, 6.45) is 0.426. The molecule has 120 valence electrons. The van der Waals surface area contributed by atoms with Crippen LogP contribution < -0.4 is 5.32 Å². The first kappa shape index (κ1) is 16.3. The number of carboxylic acids is 1. The Morgan fingerprint density at radius 1 is 1.57 bits per heavy atom. The Morgan fingerprint density at radius 3 is 2.96 bits per heavy atom. The van der Waals surface area contributed by atoms with E-state index in [1.807, 2.05) is 0 Å². The van der Waals surface area contributed by atoms with E-state index in [0.29, 0.717) is 17.8 Å². The number of hydrogen-bond acceptors (Lipinski definition) is 5. The summed E-state index contributed by atoms with van der Waals surface area (Å²) in [4.78, 5) is 16.0. The number of amidine groups is 1. The molecule has 2 heterocycles. The Balaban J connectivity index is 1.88. The van der Waals surface area contributed by atoms with E-state index in [9.17, 15) is 14.3 Å². The number of anilines is 1. The molecule has 1 unspecified atom stereocenters. The van der Waals surface area contributed by atoms with Crippen LogP contribution in [-0.2, 0) is 6.42 Å². The zero-order valence-corrected chi connectivity index (χ0v) is 14.4. The topological polar surface area (TPSA) is 61.7 Å². The molecule has 1 aliphatic rings. The summed E-state index contributed by atoms with van der Waals surface area (Å²) in [6.45, 7) is 1.75. The molecule has 0 bridgehead atoms. The number of hydrogen-bond donors (Lipinski definition) is 3. The summed E-state index contributed by atoms with van der Waals surface area (Å²) in [7, 11) is 0. The van der Waals surface area contributed by atoms with E-state index in [4.69, 9.17) is 11.6 Å². The Labute approximate surface area is 146 Å². The van der Waals surface area contributed by atoms with Gasteiger partial charge in [-0.15, -0.1) is 24.0 Å². The average Bonchev–Trinajstić information content (AvgIpc) is 2.80. The predicted molar refractivity (Wildman–Crippen MR) is 93.9 cm³/mol. The Morgan fingerprint density at radius 2 is 2.30 bits per heavy atom. The second-order valence-electron chi connectivity index (χ2n) is 5.10. The molecule has 2 aromatic rings. The van der Waals surface area contributed by atoms with Gasteiger partial charge in [0.15, 0.2) is 0 Å². The minimum atomic E-state index is -0.962. The van der Waals surface area contributed by atoms with Gasteiger partial charge in [0.1, 0.15) is 26.9 Å². The highest BCUT2D eigenvalue weighted by Gasteiger charge is 2.27. The zero-order valence-electron chi connectivity index (χ0n) is 11.9. The third kappa shape index (κ3) is 3.08. The van der Waals surface area contributed by atoms with Crippen molar-refractivity contribution in [3.63, 3.8) is 0 Å². The normalized spacial score (nSPS) is 16.5. The molecular formula is C15H12ClFN2O2S2. The number of thiophene rings is 1. The van der Waals surface area contributed by atoms with E-state index in [1.165, 1.54) is 17.4 Å². The monoisotopic (exact) mass is 370 g/mol. The summed E-state index contributed by atoms with van der Waals surface area (Å²) in [5.41, 5.74) is 2.27. The van der Waals surface area contributed by atoms with E-state index in [1.54, 1.807) is 19.1 Å². The van der Waals surface area contributed by atoms with Crippen molar-refractivity contribution in [2.24, 2.45) is 4.99 Å². The van der Waals surface area contributed by atoms with Crippen molar-refractivity contribution >= 4 is 52.4 Å². The predicted octanol–water partition coefficient (Wildman–Crippen LogP) is 4.54. The number of carbonyl (C=O) groups is 1. The summed E-state index contributed by atoms with van der Waals surface area (Å²) in [6, 6.07) is 4.49. The molecule has 0 saturated heterocycles. The lowest BCUT2D eigenvalue weighted by Crippen LogP contribution is -2.20. The fourth-order valence-corrected chi connectivity index (χ4v) is 4.29. The smallest absolute Gasteiger partial charge is 0.346 e. The van der Waals surface area contributed by atoms with Crippen LogP contribution in [0.25, 0.3) is 0 Å². The molecule has 8 heteroatoms. The fourth-order valence-electron chi connectivity index (χ4n) is 2.44. The lowest BCUT2D eigenvalue weighted by molar-refractivity contribution is 0.0701. The number of benzene rings is 1. The number of aromatic carboxylic acids is 1. The van der Waals surface area contributed by atoms with Gasteiger partial charge in [0, 0.05) is 12.0 Å². The van der Waals surface area contributed by atoms with Gasteiger partial charge < -0.3 is 10.4 Å². The number of nitrogens with zero attached hydrogens (tertiary/aromatic N) is 1. The molecule has 0 amide bonds. The summed E-state index contributed by atoms with van der Waals surface area (Å²) < 4.78 is 13.2. The molecule has 1 aliphatic heterocycles. The highest BCUT2D eigenvalue weighted by molar-refractivity contribution is 7.80. The van der Waals surface area contributed by atoms with Crippen molar-refractivity contribution in [3.05, 3.63) is 50.6 Å². The second-order valence-corrected chi connectivity index (χ2v) is 7.02. The van der Waals surface area contributed by atoms with E-state index < -0.39 is 17.2 Å². The Hall–Kier alpha value is -1.57. The largest absolute Gasteiger partial charge is 0.477 e. The maximum absolute atomic E-state index is 13.2. The van der Waals surface area contributed by atoms with Crippen molar-refractivity contribution in [1.82, 2.24) is 0 Å². The van der Waals surface area contributed by atoms with Gasteiger partial charge in [0.25, 0.3) is 0 Å². The first-order valence-corrected chi connectivity index (χ1v) is 8.40. The molecule has 23 heavy (non-hydrogen) atoms.